The molecule has 0 fully saturated rings. The van der Waals surface area contributed by atoms with Crippen molar-refractivity contribution >= 4 is 23.0 Å². The fourth-order valence-corrected chi connectivity index (χ4v) is 3.41. The molecule has 2 aromatic carbocycles. The third-order valence-corrected chi connectivity index (χ3v) is 4.62. The van der Waals surface area contributed by atoms with Gasteiger partial charge in [0.25, 0.3) is 0 Å². The standard InChI is InChI=1S/C19H23ClN2O/c1-21(2)11-4-12-22-17-5-3-6-19(23)16(17)10-8-14-7-9-15(20)13-18(14)22/h3,5-7,9,13,23H,4,8,10-12H2,1-2H3. The van der Waals surface area contributed by atoms with Crippen molar-refractivity contribution in [2.75, 3.05) is 32.1 Å². The highest BCUT2D eigenvalue weighted by Gasteiger charge is 2.22. The molecule has 122 valence electrons. The summed E-state index contributed by atoms with van der Waals surface area (Å²) in [6.07, 6.45) is 2.82. The monoisotopic (exact) mass is 330 g/mol. The van der Waals surface area contributed by atoms with Crippen molar-refractivity contribution in [2.45, 2.75) is 19.3 Å². The number of phenols is 1. The number of aromatic hydroxyl groups is 1. The van der Waals surface area contributed by atoms with Crippen LogP contribution in [0.25, 0.3) is 0 Å². The van der Waals surface area contributed by atoms with E-state index < -0.39 is 0 Å². The number of fused-ring (bicyclic) bond motifs is 2. The van der Waals surface area contributed by atoms with E-state index in [0.717, 1.165) is 48.6 Å². The molecule has 3 rings (SSSR count). The summed E-state index contributed by atoms with van der Waals surface area (Å²) >= 11 is 6.25. The zero-order valence-electron chi connectivity index (χ0n) is 13.7. The lowest BCUT2D eigenvalue weighted by molar-refractivity contribution is 0.402. The third kappa shape index (κ3) is 3.46. The molecule has 0 atom stereocenters. The van der Waals surface area contributed by atoms with Gasteiger partial charge in [0, 0.05) is 28.5 Å². The van der Waals surface area contributed by atoms with Crippen LogP contribution in [0.2, 0.25) is 5.02 Å². The van der Waals surface area contributed by atoms with Crippen LogP contribution in [0.1, 0.15) is 17.5 Å². The maximum absolute atomic E-state index is 10.3. The van der Waals surface area contributed by atoms with E-state index in [1.165, 1.54) is 11.3 Å². The molecule has 0 saturated heterocycles. The topological polar surface area (TPSA) is 26.7 Å². The van der Waals surface area contributed by atoms with Gasteiger partial charge < -0.3 is 14.9 Å². The first kappa shape index (κ1) is 16.2. The van der Waals surface area contributed by atoms with Gasteiger partial charge in [0.1, 0.15) is 5.75 Å². The summed E-state index contributed by atoms with van der Waals surface area (Å²) in [4.78, 5) is 4.51. The van der Waals surface area contributed by atoms with Gasteiger partial charge in [-0.05, 0) is 69.7 Å². The van der Waals surface area contributed by atoms with Gasteiger partial charge in [0.2, 0.25) is 0 Å². The van der Waals surface area contributed by atoms with Crippen LogP contribution in [-0.2, 0) is 12.8 Å². The van der Waals surface area contributed by atoms with E-state index in [1.807, 2.05) is 18.2 Å². The number of nitrogens with zero attached hydrogens (tertiary/aromatic N) is 2. The molecule has 1 heterocycles. The Bertz CT molecular complexity index is 698. The molecule has 1 aliphatic rings. The summed E-state index contributed by atoms with van der Waals surface area (Å²) in [5, 5.41) is 11.0. The highest BCUT2D eigenvalue weighted by molar-refractivity contribution is 6.30. The average Bonchev–Trinajstić information content (AvgIpc) is 2.65. The molecule has 0 amide bonds. The van der Waals surface area contributed by atoms with Crippen LogP contribution in [0.4, 0.5) is 11.4 Å². The molecular formula is C19H23ClN2O. The van der Waals surface area contributed by atoms with E-state index >= 15 is 0 Å². The van der Waals surface area contributed by atoms with Crippen molar-refractivity contribution in [1.29, 1.82) is 0 Å². The number of halogens is 1. The predicted octanol–water partition coefficient (Wildman–Crippen LogP) is 4.23. The molecule has 0 unspecified atom stereocenters. The van der Waals surface area contributed by atoms with Gasteiger partial charge in [0.05, 0.1) is 0 Å². The SMILES string of the molecule is CN(C)CCCN1c2cc(Cl)ccc2CCc2c(O)cccc21. The number of anilines is 2. The number of hydrogen-bond donors (Lipinski definition) is 1. The van der Waals surface area contributed by atoms with Crippen LogP contribution in [0.5, 0.6) is 5.75 Å². The van der Waals surface area contributed by atoms with E-state index in [4.69, 9.17) is 11.6 Å². The Labute approximate surface area is 143 Å². The molecule has 23 heavy (non-hydrogen) atoms. The summed E-state index contributed by atoms with van der Waals surface area (Å²) in [6.45, 7) is 1.93. The minimum Gasteiger partial charge on any atom is -0.508 e. The van der Waals surface area contributed by atoms with E-state index in [1.54, 1.807) is 6.07 Å². The van der Waals surface area contributed by atoms with Crippen LogP contribution < -0.4 is 4.90 Å². The van der Waals surface area contributed by atoms with Crippen molar-refractivity contribution in [3.05, 3.63) is 52.5 Å². The van der Waals surface area contributed by atoms with Crippen molar-refractivity contribution < 1.29 is 5.11 Å². The second-order valence-electron chi connectivity index (χ2n) is 6.36. The molecule has 4 heteroatoms. The highest BCUT2D eigenvalue weighted by atomic mass is 35.5. The van der Waals surface area contributed by atoms with E-state index in [9.17, 15) is 5.11 Å². The number of aryl methyl sites for hydroxylation is 1. The summed E-state index contributed by atoms with van der Waals surface area (Å²) in [7, 11) is 4.18. The zero-order valence-corrected chi connectivity index (χ0v) is 14.5. The molecule has 3 nitrogen and oxygen atoms in total. The second kappa shape index (κ2) is 6.81. The largest absolute Gasteiger partial charge is 0.508 e. The molecular weight excluding hydrogens is 308 g/mol. The summed E-state index contributed by atoms with van der Waals surface area (Å²) < 4.78 is 0. The lowest BCUT2D eigenvalue weighted by Gasteiger charge is -2.28. The molecule has 1 aliphatic heterocycles. The van der Waals surface area contributed by atoms with Crippen molar-refractivity contribution in [3.8, 4) is 5.75 Å². The van der Waals surface area contributed by atoms with Crippen molar-refractivity contribution in [2.24, 2.45) is 0 Å². The maximum atomic E-state index is 10.3. The first-order valence-corrected chi connectivity index (χ1v) is 8.45. The van der Waals surface area contributed by atoms with Crippen LogP contribution in [0.3, 0.4) is 0 Å². The molecule has 2 aromatic rings. The van der Waals surface area contributed by atoms with Gasteiger partial charge in [-0.3, -0.25) is 0 Å². The Morgan fingerprint density at radius 1 is 1.13 bits per heavy atom. The van der Waals surface area contributed by atoms with Gasteiger partial charge >= 0.3 is 0 Å². The summed E-state index contributed by atoms with van der Waals surface area (Å²) in [5.41, 5.74) is 4.59. The van der Waals surface area contributed by atoms with E-state index in [0.29, 0.717) is 5.75 Å². The fraction of sp³-hybridized carbons (Fsp3) is 0.368. The van der Waals surface area contributed by atoms with Crippen LogP contribution in [-0.4, -0.2) is 37.2 Å². The predicted molar refractivity (Wildman–Crippen MR) is 97.1 cm³/mol. The number of hydrogen-bond acceptors (Lipinski definition) is 3. The van der Waals surface area contributed by atoms with Crippen LogP contribution in [0, 0.1) is 0 Å². The van der Waals surface area contributed by atoms with Crippen molar-refractivity contribution in [3.63, 3.8) is 0 Å². The molecule has 0 spiro atoms. The molecule has 0 bridgehead atoms. The smallest absolute Gasteiger partial charge is 0.120 e. The van der Waals surface area contributed by atoms with Gasteiger partial charge in [-0.1, -0.05) is 23.7 Å². The zero-order chi connectivity index (χ0) is 16.4. The molecule has 1 N–H and O–H groups in total. The summed E-state index contributed by atoms with van der Waals surface area (Å²) in [5.74, 6) is 0.388. The first-order valence-electron chi connectivity index (χ1n) is 8.08. The quantitative estimate of drug-likeness (QED) is 0.908. The Kier molecular flexibility index (Phi) is 4.79. The second-order valence-corrected chi connectivity index (χ2v) is 6.79. The Morgan fingerprint density at radius 3 is 2.74 bits per heavy atom. The lowest BCUT2D eigenvalue weighted by atomic mass is 10.0. The normalized spacial score (nSPS) is 13.7. The van der Waals surface area contributed by atoms with Gasteiger partial charge in [0.15, 0.2) is 0 Å². The number of rotatable bonds is 4. The van der Waals surface area contributed by atoms with Gasteiger partial charge in [-0.2, -0.15) is 0 Å². The van der Waals surface area contributed by atoms with Crippen LogP contribution in [0.15, 0.2) is 36.4 Å². The Balaban J connectivity index is 2.03. The minimum absolute atomic E-state index is 0.388. The van der Waals surface area contributed by atoms with E-state index in [2.05, 4.69) is 36.0 Å². The Hall–Kier alpha value is -1.71. The lowest BCUT2D eigenvalue weighted by Crippen LogP contribution is -2.24. The fourth-order valence-electron chi connectivity index (χ4n) is 3.25. The average molecular weight is 331 g/mol. The maximum Gasteiger partial charge on any atom is 0.120 e. The van der Waals surface area contributed by atoms with Gasteiger partial charge in [-0.25, -0.2) is 0 Å². The molecule has 0 aromatic heterocycles. The molecule has 0 radical (unpaired) electrons. The number of benzene rings is 2. The van der Waals surface area contributed by atoms with Crippen molar-refractivity contribution in [1.82, 2.24) is 4.90 Å². The third-order valence-electron chi connectivity index (χ3n) is 4.39. The Morgan fingerprint density at radius 2 is 1.96 bits per heavy atom. The summed E-state index contributed by atoms with van der Waals surface area (Å²) in [6, 6.07) is 11.9. The van der Waals surface area contributed by atoms with Gasteiger partial charge in [-0.15, -0.1) is 0 Å². The molecule has 0 saturated carbocycles. The first-order chi connectivity index (χ1) is 11.1. The number of phenolic OH excluding ortho intramolecular Hbond substituents is 1. The van der Waals surface area contributed by atoms with Crippen LogP contribution >= 0.6 is 11.6 Å². The molecule has 0 aliphatic carbocycles. The minimum atomic E-state index is 0.388. The van der Waals surface area contributed by atoms with E-state index in [-0.39, 0.29) is 0 Å². The highest BCUT2D eigenvalue weighted by Crippen LogP contribution is 2.40.